The van der Waals surface area contributed by atoms with Gasteiger partial charge >= 0.3 is 0 Å². The number of carbonyl (C=O) groups excluding carboxylic acids is 1. The van der Waals surface area contributed by atoms with Crippen LogP contribution in [0.5, 0.6) is 0 Å². The fraction of sp³-hybridized carbons (Fsp3) is 0.500. The molecule has 2 bridgehead atoms. The van der Waals surface area contributed by atoms with Gasteiger partial charge in [0.1, 0.15) is 0 Å². The number of hydrogen-bond donors (Lipinski definition) is 2. The van der Waals surface area contributed by atoms with E-state index in [1.165, 1.54) is 12.1 Å². The highest BCUT2D eigenvalue weighted by atomic mass is 32.2. The number of nitrogens with one attached hydrogen (secondary N) is 2. The summed E-state index contributed by atoms with van der Waals surface area (Å²) in [6.07, 6.45) is 8.41. The summed E-state index contributed by atoms with van der Waals surface area (Å²) in [6.45, 7) is 0.504. The molecule has 0 saturated heterocycles. The number of carbonyl (C=O) groups is 1. The van der Waals surface area contributed by atoms with Crippen LogP contribution in [-0.4, -0.2) is 41.6 Å². The second-order valence-electron chi connectivity index (χ2n) is 11.0. The van der Waals surface area contributed by atoms with Gasteiger partial charge in [0.25, 0.3) is 5.91 Å². The summed E-state index contributed by atoms with van der Waals surface area (Å²) in [5, 5.41) is 0. The number of hydrogen-bond acceptors (Lipinski definition) is 5. The van der Waals surface area contributed by atoms with Gasteiger partial charge in [-0.25, -0.2) is 21.6 Å². The van der Waals surface area contributed by atoms with Crippen molar-refractivity contribution in [2.45, 2.75) is 61.3 Å². The third-order valence-electron chi connectivity index (χ3n) is 8.59. The average molecular weight is 530 g/mol. The topological polar surface area (TPSA) is 113 Å². The Morgan fingerprint density at radius 2 is 1.69 bits per heavy atom. The Bertz CT molecular complexity index is 1430. The highest BCUT2D eigenvalue weighted by molar-refractivity contribution is 7.92. The molecule has 1 aliphatic heterocycles. The van der Waals surface area contributed by atoms with Crippen molar-refractivity contribution in [1.29, 1.82) is 0 Å². The van der Waals surface area contributed by atoms with Gasteiger partial charge in [-0.15, -0.1) is 0 Å². The first-order valence-corrected chi connectivity index (χ1v) is 16.0. The first-order valence-electron chi connectivity index (χ1n) is 12.6. The molecule has 4 fully saturated rings. The van der Waals surface area contributed by atoms with Crippen molar-refractivity contribution < 1.29 is 21.6 Å². The van der Waals surface area contributed by atoms with Crippen molar-refractivity contribution in [2.75, 3.05) is 22.4 Å². The summed E-state index contributed by atoms with van der Waals surface area (Å²) < 4.78 is 55.0. The molecule has 0 aromatic heterocycles. The first kappa shape index (κ1) is 23.9. The van der Waals surface area contributed by atoms with Crippen molar-refractivity contribution in [1.82, 2.24) is 4.72 Å². The molecule has 0 atom stereocenters. The Morgan fingerprint density at radius 1 is 0.972 bits per heavy atom. The normalized spacial score (nSPS) is 26.1. The fourth-order valence-corrected chi connectivity index (χ4v) is 8.44. The molecule has 5 aliphatic rings. The molecule has 8 nitrogen and oxygen atoms in total. The van der Waals surface area contributed by atoms with Gasteiger partial charge in [-0.05, 0) is 79.5 Å². The van der Waals surface area contributed by atoms with Gasteiger partial charge in [-0.1, -0.05) is 25.3 Å². The molecule has 7 rings (SSSR count). The lowest BCUT2D eigenvalue weighted by molar-refractivity contribution is -0.0275. The molecule has 10 heteroatoms. The lowest BCUT2D eigenvalue weighted by Crippen LogP contribution is -2.63. The zero-order valence-electron chi connectivity index (χ0n) is 20.2. The van der Waals surface area contributed by atoms with Crippen molar-refractivity contribution in [3.8, 4) is 0 Å². The summed E-state index contributed by atoms with van der Waals surface area (Å²) in [5.41, 5.74) is 2.34. The van der Waals surface area contributed by atoms with E-state index in [0.29, 0.717) is 29.6 Å². The first-order chi connectivity index (χ1) is 17.0. The van der Waals surface area contributed by atoms with E-state index in [9.17, 15) is 21.6 Å². The van der Waals surface area contributed by atoms with Gasteiger partial charge in [0, 0.05) is 34.9 Å². The lowest BCUT2D eigenvalue weighted by atomic mass is 9.52. The van der Waals surface area contributed by atoms with E-state index < -0.39 is 20.0 Å². The summed E-state index contributed by atoms with van der Waals surface area (Å²) in [6, 6.07) is 11.7. The zero-order chi connectivity index (χ0) is 25.3. The second-order valence-corrected chi connectivity index (χ2v) is 14.5. The Morgan fingerprint density at radius 3 is 2.33 bits per heavy atom. The largest absolute Gasteiger partial charge is 0.307 e. The molecule has 1 spiro atoms. The monoisotopic (exact) mass is 529 g/mol. The van der Waals surface area contributed by atoms with Crippen LogP contribution in [0.1, 0.15) is 60.9 Å². The zero-order valence-corrected chi connectivity index (χ0v) is 21.9. The third-order valence-corrected chi connectivity index (χ3v) is 10.7. The summed E-state index contributed by atoms with van der Waals surface area (Å²) in [4.78, 5) is 15.6. The third kappa shape index (κ3) is 4.03. The Hall–Kier alpha value is -2.43. The van der Waals surface area contributed by atoms with Gasteiger partial charge in [-0.3, -0.25) is 9.52 Å². The van der Waals surface area contributed by atoms with Crippen LogP contribution >= 0.6 is 0 Å². The Kier molecular flexibility index (Phi) is 5.51. The lowest BCUT2D eigenvalue weighted by Gasteiger charge is -2.57. The van der Waals surface area contributed by atoms with Crippen LogP contribution in [0, 0.1) is 11.8 Å². The number of benzene rings is 2. The van der Waals surface area contributed by atoms with E-state index >= 15 is 0 Å². The highest BCUT2D eigenvalue weighted by Crippen LogP contribution is 2.54. The minimum atomic E-state index is -3.70. The highest BCUT2D eigenvalue weighted by Gasteiger charge is 2.54. The number of nitrogens with zero attached hydrogens (tertiary/aromatic N) is 1. The van der Waals surface area contributed by atoms with E-state index in [-0.39, 0.29) is 22.3 Å². The number of sulfonamides is 2. The number of anilines is 2. The second kappa shape index (κ2) is 8.29. The SMILES string of the molecule is CS(=O)(=O)Nc1ccc2c(c1)C1(CCCCC1)CN2C(=O)c1cccc(S(=O)(=O)NC2C3CC2C3)c1. The molecular weight excluding hydrogens is 498 g/mol. The maximum Gasteiger partial charge on any atom is 0.258 e. The maximum atomic E-state index is 13.8. The number of fused-ring (bicyclic) bond motifs is 2. The quantitative estimate of drug-likeness (QED) is 0.594. The van der Waals surface area contributed by atoms with Crippen LogP contribution in [0.2, 0.25) is 0 Å². The minimum absolute atomic E-state index is 0.0284. The minimum Gasteiger partial charge on any atom is -0.307 e. The van der Waals surface area contributed by atoms with E-state index in [4.69, 9.17) is 0 Å². The Labute approximate surface area is 212 Å². The predicted molar refractivity (Wildman–Crippen MR) is 138 cm³/mol. The van der Waals surface area contributed by atoms with Crippen molar-refractivity contribution >= 4 is 37.3 Å². The average Bonchev–Trinajstić information content (AvgIpc) is 3.08. The predicted octanol–water partition coefficient (Wildman–Crippen LogP) is 3.61. The van der Waals surface area contributed by atoms with Crippen LogP contribution in [0.4, 0.5) is 11.4 Å². The maximum absolute atomic E-state index is 13.8. The molecule has 2 aromatic carbocycles. The summed E-state index contributed by atoms with van der Waals surface area (Å²) in [5.74, 6) is 0.653. The molecule has 36 heavy (non-hydrogen) atoms. The van der Waals surface area contributed by atoms with Crippen LogP contribution in [0.3, 0.4) is 0 Å². The molecule has 0 radical (unpaired) electrons. The Balaban J connectivity index is 1.31. The van der Waals surface area contributed by atoms with Crippen LogP contribution < -0.4 is 14.3 Å². The summed E-state index contributed by atoms with van der Waals surface area (Å²) in [7, 11) is -7.13. The number of rotatable bonds is 6. The van der Waals surface area contributed by atoms with E-state index in [2.05, 4.69) is 9.44 Å². The molecule has 4 saturated carbocycles. The van der Waals surface area contributed by atoms with E-state index in [1.54, 1.807) is 29.2 Å². The molecule has 0 unspecified atom stereocenters. The molecule has 2 aromatic rings. The summed E-state index contributed by atoms with van der Waals surface area (Å²) >= 11 is 0. The fourth-order valence-electron chi connectivity index (χ4n) is 6.46. The van der Waals surface area contributed by atoms with Crippen molar-refractivity contribution in [3.63, 3.8) is 0 Å². The molecular formula is C26H31N3O5S2. The van der Waals surface area contributed by atoms with Crippen molar-refractivity contribution in [3.05, 3.63) is 53.6 Å². The van der Waals surface area contributed by atoms with Gasteiger partial charge in [0.05, 0.1) is 11.2 Å². The molecule has 192 valence electrons. The van der Waals surface area contributed by atoms with Crippen LogP contribution in [0.25, 0.3) is 0 Å². The smallest absolute Gasteiger partial charge is 0.258 e. The van der Waals surface area contributed by atoms with Crippen molar-refractivity contribution in [2.24, 2.45) is 11.8 Å². The molecule has 1 heterocycles. The van der Waals surface area contributed by atoms with Crippen LogP contribution in [-0.2, 0) is 25.5 Å². The van der Waals surface area contributed by atoms with Gasteiger partial charge in [0.15, 0.2) is 0 Å². The molecule has 4 aliphatic carbocycles. The molecule has 1 amide bonds. The van der Waals surface area contributed by atoms with Crippen LogP contribution in [0.15, 0.2) is 47.4 Å². The standard InChI is InChI=1S/C26H31N3O5S2/c1-35(31,32)27-20-8-9-23-22(15-20)26(10-3-2-4-11-26)16-29(23)25(30)17-6-5-7-21(14-17)36(33,34)28-24-18-12-19(24)13-18/h5-9,14-15,18-19,24,27-28H,2-4,10-13,16H2,1H3. The van der Waals surface area contributed by atoms with Gasteiger partial charge in [0.2, 0.25) is 20.0 Å². The van der Waals surface area contributed by atoms with E-state index in [1.807, 2.05) is 6.07 Å². The van der Waals surface area contributed by atoms with E-state index in [0.717, 1.165) is 62.5 Å². The number of amides is 1. The van der Waals surface area contributed by atoms with Gasteiger partial charge < -0.3 is 4.90 Å². The van der Waals surface area contributed by atoms with Gasteiger partial charge in [-0.2, -0.15) is 0 Å². The molecule has 2 N–H and O–H groups in total.